The van der Waals surface area contributed by atoms with E-state index in [0.29, 0.717) is 16.8 Å². The van der Waals surface area contributed by atoms with Crippen LogP contribution in [0.15, 0.2) is 42.6 Å². The molecule has 26 heavy (non-hydrogen) atoms. The molecule has 0 radical (unpaired) electrons. The zero-order valence-corrected chi connectivity index (χ0v) is 15.4. The largest absolute Gasteiger partial charge is 0.477 e. The van der Waals surface area contributed by atoms with Crippen LogP contribution in [0.25, 0.3) is 11.0 Å². The Morgan fingerprint density at radius 3 is 2.69 bits per heavy atom. The van der Waals surface area contributed by atoms with Crippen LogP contribution in [0.4, 0.5) is 0 Å². The van der Waals surface area contributed by atoms with E-state index in [1.807, 2.05) is 18.2 Å². The molecule has 0 spiro atoms. The standard InChI is InChI=1S/C20H21ClN4O/c1-24-18-5-3-2-4-17(18)23-19(24)11-25-9-14-15(10-25)16(14)12-26-20-7-6-13(21)8-22-20/h2-8,14-16H,9-12H2,1H3/t14-,15+,16?. The Kier molecular flexibility index (Phi) is 3.87. The molecule has 3 aromatic rings. The van der Waals surface area contributed by atoms with Gasteiger partial charge in [-0.1, -0.05) is 23.7 Å². The van der Waals surface area contributed by atoms with Crippen molar-refractivity contribution in [3.63, 3.8) is 0 Å². The van der Waals surface area contributed by atoms with E-state index in [2.05, 4.69) is 39.7 Å². The SMILES string of the molecule is Cn1c(CN2C[C@@H]3C(COc4ccc(Cl)cn4)[C@@H]3C2)nc2ccccc21. The van der Waals surface area contributed by atoms with E-state index in [9.17, 15) is 0 Å². The van der Waals surface area contributed by atoms with Crippen molar-refractivity contribution in [2.24, 2.45) is 24.8 Å². The fourth-order valence-corrected chi connectivity index (χ4v) is 4.39. The Bertz CT molecular complexity index is 927. The number of benzene rings is 1. The van der Waals surface area contributed by atoms with Gasteiger partial charge >= 0.3 is 0 Å². The molecule has 5 rings (SSSR count). The molecular formula is C20H21ClN4O. The molecule has 5 nitrogen and oxygen atoms in total. The maximum Gasteiger partial charge on any atom is 0.213 e. The molecule has 2 aliphatic rings. The lowest BCUT2D eigenvalue weighted by atomic mass is 10.3. The molecule has 1 aliphatic heterocycles. The van der Waals surface area contributed by atoms with Crippen LogP contribution in [0.1, 0.15) is 5.82 Å². The highest BCUT2D eigenvalue weighted by Crippen LogP contribution is 2.51. The van der Waals surface area contributed by atoms with Crippen molar-refractivity contribution in [2.75, 3.05) is 19.7 Å². The summed E-state index contributed by atoms with van der Waals surface area (Å²) in [6, 6.07) is 12.0. The summed E-state index contributed by atoms with van der Waals surface area (Å²) in [6.45, 7) is 3.94. The summed E-state index contributed by atoms with van der Waals surface area (Å²) >= 11 is 5.85. The van der Waals surface area contributed by atoms with E-state index in [1.165, 1.54) is 5.52 Å². The average molecular weight is 369 g/mol. The maximum atomic E-state index is 5.85. The van der Waals surface area contributed by atoms with E-state index in [0.717, 1.165) is 49.4 Å². The Morgan fingerprint density at radius 1 is 1.15 bits per heavy atom. The summed E-state index contributed by atoms with van der Waals surface area (Å²) in [4.78, 5) is 11.5. The van der Waals surface area contributed by atoms with Crippen molar-refractivity contribution in [3.8, 4) is 5.88 Å². The number of ether oxygens (including phenoxy) is 1. The molecule has 3 heterocycles. The number of aryl methyl sites for hydroxylation is 1. The van der Waals surface area contributed by atoms with Gasteiger partial charge in [0.15, 0.2) is 0 Å². The van der Waals surface area contributed by atoms with E-state index < -0.39 is 0 Å². The van der Waals surface area contributed by atoms with Crippen LogP contribution >= 0.6 is 11.6 Å². The zero-order chi connectivity index (χ0) is 17.7. The van der Waals surface area contributed by atoms with E-state index in [4.69, 9.17) is 21.3 Å². The summed E-state index contributed by atoms with van der Waals surface area (Å²) in [5.41, 5.74) is 2.28. The van der Waals surface area contributed by atoms with Crippen molar-refractivity contribution in [2.45, 2.75) is 6.54 Å². The third-order valence-corrected chi connectivity index (χ3v) is 6.04. The molecule has 1 unspecified atom stereocenters. The summed E-state index contributed by atoms with van der Waals surface area (Å²) in [5, 5.41) is 0.637. The molecule has 134 valence electrons. The molecule has 2 aromatic heterocycles. The highest BCUT2D eigenvalue weighted by Gasteiger charge is 2.55. The number of rotatable bonds is 5. The molecule has 1 saturated heterocycles. The quantitative estimate of drug-likeness (QED) is 0.692. The van der Waals surface area contributed by atoms with Crippen LogP contribution < -0.4 is 4.74 Å². The molecule has 2 fully saturated rings. The van der Waals surface area contributed by atoms with E-state index in [1.54, 1.807) is 6.20 Å². The molecule has 0 N–H and O–H groups in total. The van der Waals surface area contributed by atoms with Gasteiger partial charge in [0.2, 0.25) is 5.88 Å². The number of nitrogens with zero attached hydrogens (tertiary/aromatic N) is 4. The first kappa shape index (κ1) is 16.1. The van der Waals surface area contributed by atoms with Gasteiger partial charge in [-0.25, -0.2) is 9.97 Å². The highest BCUT2D eigenvalue weighted by atomic mass is 35.5. The number of fused-ring (bicyclic) bond motifs is 2. The summed E-state index contributed by atoms with van der Waals surface area (Å²) in [6.07, 6.45) is 1.63. The molecule has 1 aromatic carbocycles. The van der Waals surface area contributed by atoms with Crippen LogP contribution in [0.3, 0.4) is 0 Å². The summed E-state index contributed by atoms with van der Waals surface area (Å²) in [5.74, 6) is 3.96. The lowest BCUT2D eigenvalue weighted by molar-refractivity contribution is 0.222. The van der Waals surface area contributed by atoms with Gasteiger partial charge in [-0.05, 0) is 30.0 Å². The van der Waals surface area contributed by atoms with Gasteiger partial charge in [-0.2, -0.15) is 0 Å². The van der Waals surface area contributed by atoms with Crippen molar-refractivity contribution >= 4 is 22.6 Å². The zero-order valence-electron chi connectivity index (χ0n) is 14.7. The van der Waals surface area contributed by atoms with Crippen LogP contribution in [-0.4, -0.2) is 39.1 Å². The first-order chi connectivity index (χ1) is 12.7. The molecular weight excluding hydrogens is 348 g/mol. The van der Waals surface area contributed by atoms with Crippen molar-refractivity contribution in [1.82, 2.24) is 19.4 Å². The molecule has 0 amide bonds. The number of halogens is 1. The second kappa shape index (κ2) is 6.25. The van der Waals surface area contributed by atoms with Gasteiger partial charge in [-0.15, -0.1) is 0 Å². The number of piperidine rings is 1. The first-order valence-electron chi connectivity index (χ1n) is 9.06. The molecule has 0 bridgehead atoms. The summed E-state index contributed by atoms with van der Waals surface area (Å²) < 4.78 is 8.04. The number of aromatic nitrogens is 3. The van der Waals surface area contributed by atoms with Crippen molar-refractivity contribution in [3.05, 3.63) is 53.4 Å². The van der Waals surface area contributed by atoms with Gasteiger partial charge in [0.25, 0.3) is 0 Å². The van der Waals surface area contributed by atoms with E-state index >= 15 is 0 Å². The minimum Gasteiger partial charge on any atom is -0.477 e. The van der Waals surface area contributed by atoms with Crippen LogP contribution in [0.5, 0.6) is 5.88 Å². The minimum atomic E-state index is 0.637. The number of para-hydroxylation sites is 2. The van der Waals surface area contributed by atoms with Gasteiger partial charge < -0.3 is 9.30 Å². The average Bonchev–Trinajstić information content (AvgIpc) is 2.98. The van der Waals surface area contributed by atoms with Crippen LogP contribution in [0.2, 0.25) is 5.02 Å². The normalized spacial score (nSPS) is 24.8. The number of likely N-dealkylation sites (tertiary alicyclic amines) is 1. The third kappa shape index (κ3) is 2.85. The molecule has 6 heteroatoms. The fraction of sp³-hybridized carbons (Fsp3) is 0.400. The maximum absolute atomic E-state index is 5.85. The molecule has 1 aliphatic carbocycles. The second-order valence-corrected chi connectivity index (χ2v) is 7.82. The van der Waals surface area contributed by atoms with E-state index in [-0.39, 0.29) is 0 Å². The predicted octanol–water partition coefficient (Wildman–Crippen LogP) is 3.38. The van der Waals surface area contributed by atoms with Gasteiger partial charge in [0.05, 0.1) is 29.2 Å². The number of imidazole rings is 1. The minimum absolute atomic E-state index is 0.637. The lowest BCUT2D eigenvalue weighted by Gasteiger charge is -2.19. The molecule has 1 saturated carbocycles. The van der Waals surface area contributed by atoms with Crippen LogP contribution in [-0.2, 0) is 13.6 Å². The van der Waals surface area contributed by atoms with Crippen molar-refractivity contribution in [1.29, 1.82) is 0 Å². The molecule has 3 atom stereocenters. The van der Waals surface area contributed by atoms with Crippen LogP contribution in [0, 0.1) is 17.8 Å². The smallest absolute Gasteiger partial charge is 0.213 e. The topological polar surface area (TPSA) is 43.2 Å². The Morgan fingerprint density at radius 2 is 1.96 bits per heavy atom. The monoisotopic (exact) mass is 368 g/mol. The number of hydrogen-bond acceptors (Lipinski definition) is 4. The Balaban J connectivity index is 1.16. The predicted molar refractivity (Wildman–Crippen MR) is 101 cm³/mol. The Hall–Kier alpha value is -2.11. The van der Waals surface area contributed by atoms with Gasteiger partial charge in [0, 0.05) is 38.3 Å². The number of hydrogen-bond donors (Lipinski definition) is 0. The summed E-state index contributed by atoms with van der Waals surface area (Å²) in [7, 11) is 2.11. The second-order valence-electron chi connectivity index (χ2n) is 7.39. The highest BCUT2D eigenvalue weighted by molar-refractivity contribution is 6.30. The Labute approximate surface area is 157 Å². The first-order valence-corrected chi connectivity index (χ1v) is 9.44. The van der Waals surface area contributed by atoms with Gasteiger partial charge in [0.1, 0.15) is 5.82 Å². The fourth-order valence-electron chi connectivity index (χ4n) is 4.28. The van der Waals surface area contributed by atoms with Gasteiger partial charge in [-0.3, -0.25) is 4.90 Å². The third-order valence-electron chi connectivity index (χ3n) is 5.82. The number of pyridine rings is 1. The lowest BCUT2D eigenvalue weighted by Crippen LogP contribution is -2.26. The van der Waals surface area contributed by atoms with Crippen molar-refractivity contribution < 1.29 is 4.74 Å².